The van der Waals surface area contributed by atoms with Gasteiger partial charge in [-0.15, -0.1) is 0 Å². The molecule has 8 atom stereocenters. The van der Waals surface area contributed by atoms with Gasteiger partial charge in [0.25, 0.3) is 11.1 Å². The zero-order valence-electron chi connectivity index (χ0n) is 20.5. The van der Waals surface area contributed by atoms with E-state index in [0.29, 0.717) is 0 Å². The molecule has 230 valence electrons. The van der Waals surface area contributed by atoms with Crippen LogP contribution in [0.25, 0.3) is 0 Å². The number of hydrogen-bond donors (Lipinski definition) is 9. The molecule has 0 saturated carbocycles. The van der Waals surface area contributed by atoms with E-state index in [1.165, 1.54) is 0 Å². The Labute approximate surface area is 226 Å². The molecule has 2 aromatic heterocycles. The lowest BCUT2D eigenvalue weighted by atomic mass is 10.1. The van der Waals surface area contributed by atoms with Crippen LogP contribution < -0.4 is 22.5 Å². The van der Waals surface area contributed by atoms with Gasteiger partial charge in [0.1, 0.15) is 30.6 Å². The lowest BCUT2D eigenvalue weighted by Gasteiger charge is -2.18. The summed E-state index contributed by atoms with van der Waals surface area (Å²) < 4.78 is 42.2. The van der Waals surface area contributed by atoms with Crippen LogP contribution in [-0.2, 0) is 27.4 Å². The van der Waals surface area contributed by atoms with Crippen molar-refractivity contribution in [1.29, 1.82) is 0 Å². The predicted octanol–water partition coefficient (Wildman–Crippen LogP) is -4.44. The zero-order valence-corrected chi connectivity index (χ0v) is 22.3. The van der Waals surface area contributed by atoms with Crippen molar-refractivity contribution in [2.45, 2.75) is 49.4 Å². The number of phosphoric ester groups is 1. The molecule has 0 amide bonds. The number of rotatable bonds is 8. The van der Waals surface area contributed by atoms with Gasteiger partial charge in [-0.2, -0.15) is 4.31 Å². The van der Waals surface area contributed by atoms with Crippen LogP contribution in [0.15, 0.2) is 43.7 Å². The summed E-state index contributed by atoms with van der Waals surface area (Å²) in [5.41, 5.74) is -2.73. The van der Waals surface area contributed by atoms with Crippen LogP contribution in [0, 0.1) is 0 Å². The molecule has 1 unspecified atom stereocenters. The van der Waals surface area contributed by atoms with E-state index >= 15 is 0 Å². The Hall–Kier alpha value is -2.62. The van der Waals surface area contributed by atoms with Crippen LogP contribution >= 0.6 is 15.6 Å². The first-order valence-corrected chi connectivity index (χ1v) is 14.4. The molecular formula is C18H26N4O17P2. The smallest absolute Gasteiger partial charge is 0.394 e. The highest BCUT2D eigenvalue weighted by Gasteiger charge is 2.43. The number of aromatic amines is 2. The van der Waals surface area contributed by atoms with E-state index in [2.05, 4.69) is 8.83 Å². The molecule has 23 heteroatoms. The van der Waals surface area contributed by atoms with Gasteiger partial charge in [0.05, 0.1) is 19.3 Å². The van der Waals surface area contributed by atoms with Crippen LogP contribution in [0.3, 0.4) is 0 Å². The monoisotopic (exact) mass is 632 g/mol. The maximum absolute atomic E-state index is 11.6. The van der Waals surface area contributed by atoms with Crippen LogP contribution in [-0.4, -0.2) is 97.9 Å². The van der Waals surface area contributed by atoms with E-state index in [1.807, 2.05) is 9.97 Å². The second-order valence-corrected chi connectivity index (χ2v) is 11.4. The average Bonchev–Trinajstić information content (AvgIpc) is 3.35. The summed E-state index contributed by atoms with van der Waals surface area (Å²) in [6, 6.07) is 2.16. The van der Waals surface area contributed by atoms with Crippen molar-refractivity contribution < 1.29 is 62.5 Å². The van der Waals surface area contributed by atoms with Gasteiger partial charge in [-0.05, 0) is 0 Å². The van der Waals surface area contributed by atoms with Gasteiger partial charge < -0.3 is 44.6 Å². The van der Waals surface area contributed by atoms with Crippen molar-refractivity contribution in [2.75, 3.05) is 13.2 Å². The van der Waals surface area contributed by atoms with E-state index in [9.17, 15) is 43.6 Å². The molecule has 2 aromatic rings. The number of nitrogens with one attached hydrogen (secondary N) is 2. The molecular weight excluding hydrogens is 606 g/mol. The molecule has 21 nitrogen and oxygen atoms in total. The average molecular weight is 632 g/mol. The molecule has 0 aromatic carbocycles. The highest BCUT2D eigenvalue weighted by atomic mass is 31.3. The van der Waals surface area contributed by atoms with E-state index in [-0.39, 0.29) is 6.42 Å². The van der Waals surface area contributed by atoms with Gasteiger partial charge in [0.15, 0.2) is 6.23 Å². The molecule has 4 heterocycles. The normalized spacial score (nSPS) is 29.5. The summed E-state index contributed by atoms with van der Waals surface area (Å²) in [5, 5.41) is 37.9. The molecule has 0 spiro atoms. The van der Waals surface area contributed by atoms with E-state index in [1.54, 1.807) is 0 Å². The lowest BCUT2D eigenvalue weighted by molar-refractivity contribution is -0.0550. The number of hydrogen-bond acceptors (Lipinski definition) is 14. The third kappa shape index (κ3) is 8.69. The summed E-state index contributed by atoms with van der Waals surface area (Å²) in [7, 11) is -10.3. The number of nitrogens with zero attached hydrogens (tertiary/aromatic N) is 2. The number of aliphatic hydroxyl groups excluding tert-OH is 4. The Morgan fingerprint density at radius 2 is 1.44 bits per heavy atom. The molecule has 41 heavy (non-hydrogen) atoms. The van der Waals surface area contributed by atoms with Crippen molar-refractivity contribution >= 4 is 15.6 Å². The summed E-state index contributed by atoms with van der Waals surface area (Å²) in [4.78, 5) is 75.0. The Kier molecular flexibility index (Phi) is 10.5. The largest absolute Gasteiger partial charge is 0.481 e. The van der Waals surface area contributed by atoms with Crippen molar-refractivity contribution in [2.24, 2.45) is 0 Å². The zero-order chi connectivity index (χ0) is 30.7. The minimum Gasteiger partial charge on any atom is -0.394 e. The van der Waals surface area contributed by atoms with Gasteiger partial charge in [-0.25, -0.2) is 18.7 Å². The Morgan fingerprint density at radius 3 is 1.93 bits per heavy atom. The predicted molar refractivity (Wildman–Crippen MR) is 129 cm³/mol. The van der Waals surface area contributed by atoms with Crippen molar-refractivity contribution in [3.05, 3.63) is 66.2 Å². The molecule has 4 rings (SSSR count). The minimum absolute atomic E-state index is 0.0882. The third-order valence-electron chi connectivity index (χ3n) is 5.62. The van der Waals surface area contributed by atoms with Gasteiger partial charge >= 0.3 is 27.0 Å². The molecule has 2 aliphatic rings. The molecule has 9 N–H and O–H groups in total. The van der Waals surface area contributed by atoms with Crippen LogP contribution in [0.4, 0.5) is 0 Å². The number of aliphatic hydroxyl groups is 4. The first-order valence-electron chi connectivity index (χ1n) is 11.3. The number of phosphoric acid groups is 2. The summed E-state index contributed by atoms with van der Waals surface area (Å²) >= 11 is 0. The maximum Gasteiger partial charge on any atom is 0.481 e. The molecule has 2 aliphatic heterocycles. The topological polar surface area (TPSA) is 322 Å². The van der Waals surface area contributed by atoms with Gasteiger partial charge in [0.2, 0.25) is 0 Å². The Balaban J connectivity index is 0.000000239. The summed E-state index contributed by atoms with van der Waals surface area (Å²) in [5.74, 6) is 0. The quantitative estimate of drug-likeness (QED) is 0.124. The Bertz CT molecular complexity index is 1530. The molecule has 0 bridgehead atoms. The van der Waals surface area contributed by atoms with Gasteiger partial charge in [-0.3, -0.25) is 33.2 Å². The fourth-order valence-electron chi connectivity index (χ4n) is 3.75. The van der Waals surface area contributed by atoms with Crippen LogP contribution in [0.2, 0.25) is 0 Å². The highest BCUT2D eigenvalue weighted by Crippen LogP contribution is 2.57. The fourth-order valence-corrected chi connectivity index (χ4v) is 5.35. The lowest BCUT2D eigenvalue weighted by Crippen LogP contribution is -2.37. The molecule has 2 fully saturated rings. The highest BCUT2D eigenvalue weighted by molar-refractivity contribution is 7.60. The summed E-state index contributed by atoms with van der Waals surface area (Å²) in [6.45, 7) is -1.21. The van der Waals surface area contributed by atoms with Crippen molar-refractivity contribution in [3.63, 3.8) is 0 Å². The van der Waals surface area contributed by atoms with E-state index in [4.69, 9.17) is 29.3 Å². The van der Waals surface area contributed by atoms with Gasteiger partial charge in [0, 0.05) is 30.9 Å². The minimum atomic E-state index is -5.26. The summed E-state index contributed by atoms with van der Waals surface area (Å²) in [6.07, 6.45) is -5.87. The standard InChI is InChI=1S/C9H14N2O11P2.C9H12N2O6/c12-5-3-8(11-2-1-7(13)10-9(11)14)21-6(5)4-20-24(18,19)22-23(15,16)17;12-3-4-6(14)7(15)8(17-4)11-2-1-5(13)10-9(11)16/h1-2,5-6,8,12H,3-4H2,(H,18,19)(H,10,13,14)(H2,15,16,17);1-2,4,6-8,12,14-15H,3H2,(H,10,13,16)/t5-,6+,8+;4-,6-,7-,8-/m01/s1. The van der Waals surface area contributed by atoms with E-state index < -0.39 is 94.3 Å². The van der Waals surface area contributed by atoms with Crippen molar-refractivity contribution in [1.82, 2.24) is 19.1 Å². The fraction of sp³-hybridized carbons (Fsp3) is 0.556. The second-order valence-electron chi connectivity index (χ2n) is 8.53. The third-order valence-corrected chi connectivity index (χ3v) is 7.77. The Morgan fingerprint density at radius 1 is 0.878 bits per heavy atom. The first-order chi connectivity index (χ1) is 19.0. The SMILES string of the molecule is O=c1ccn([C@@H]2O[C@H](CO)[C@@H](O)[C@H]2O)c(=O)[nH]1.O=c1ccn([C@H]2C[C@H](O)[C@@H](COP(=O)(O)OP(=O)(O)O)O2)c(=O)[nH]1. The van der Waals surface area contributed by atoms with E-state index in [0.717, 1.165) is 33.7 Å². The van der Waals surface area contributed by atoms with Crippen molar-refractivity contribution in [3.8, 4) is 0 Å². The van der Waals surface area contributed by atoms with Crippen LogP contribution in [0.5, 0.6) is 0 Å². The molecule has 0 radical (unpaired) electrons. The maximum atomic E-state index is 11.6. The number of ether oxygens (including phenoxy) is 2. The number of aromatic nitrogens is 4. The first kappa shape index (κ1) is 32.9. The molecule has 0 aliphatic carbocycles. The second kappa shape index (κ2) is 13.1. The number of H-pyrrole nitrogens is 2. The van der Waals surface area contributed by atoms with Gasteiger partial charge in [-0.1, -0.05) is 0 Å². The molecule has 2 saturated heterocycles. The van der Waals surface area contributed by atoms with Crippen LogP contribution in [0.1, 0.15) is 18.9 Å².